The third-order valence-corrected chi connectivity index (χ3v) is 3.33. The van der Waals surface area contributed by atoms with Crippen LogP contribution >= 0.6 is 0 Å². The molecule has 0 heterocycles. The summed E-state index contributed by atoms with van der Waals surface area (Å²) in [5.41, 5.74) is -0.285. The third-order valence-electron chi connectivity index (χ3n) is 3.33. The second-order valence-corrected chi connectivity index (χ2v) is 4.05. The van der Waals surface area contributed by atoms with Gasteiger partial charge in [0.15, 0.2) is 5.78 Å². The van der Waals surface area contributed by atoms with Gasteiger partial charge in [0.2, 0.25) is 0 Å². The van der Waals surface area contributed by atoms with Crippen molar-refractivity contribution in [2.45, 2.75) is 52.5 Å². The Kier molecular flexibility index (Phi) is 6.50. The van der Waals surface area contributed by atoms with Crippen LogP contribution in [0.3, 0.4) is 0 Å². The number of carbonyl (C=O) groups is 1. The molecule has 0 N–H and O–H groups in total. The Morgan fingerprint density at radius 1 is 1.33 bits per heavy atom. The fourth-order valence-corrected chi connectivity index (χ4v) is 2.02. The van der Waals surface area contributed by atoms with E-state index in [-0.39, 0.29) is 5.54 Å². The molecule has 0 aromatic carbocycles. The smallest absolute Gasteiger partial charge is 0.153 e. The van der Waals surface area contributed by atoms with E-state index in [1.807, 2.05) is 6.08 Å². The van der Waals surface area contributed by atoms with E-state index in [9.17, 15) is 4.79 Å². The largest absolute Gasteiger partial charge is 0.298 e. The van der Waals surface area contributed by atoms with Gasteiger partial charge in [-0.05, 0) is 32.9 Å². The molecule has 0 saturated heterocycles. The molecule has 0 aromatic rings. The number of nitrogens with zero attached hydrogens (tertiary/aromatic N) is 1. The van der Waals surface area contributed by atoms with Gasteiger partial charge in [0.1, 0.15) is 0 Å². The van der Waals surface area contributed by atoms with Crippen LogP contribution in [0.2, 0.25) is 0 Å². The van der Waals surface area contributed by atoms with Gasteiger partial charge in [-0.25, -0.2) is 0 Å². The summed E-state index contributed by atoms with van der Waals surface area (Å²) in [6, 6.07) is 0. The van der Waals surface area contributed by atoms with Gasteiger partial charge in [-0.2, -0.15) is 0 Å². The Balaban J connectivity index is 4.65. The summed E-state index contributed by atoms with van der Waals surface area (Å²) in [6.07, 6.45) is 4.10. The van der Waals surface area contributed by atoms with E-state index in [1.54, 1.807) is 0 Å². The number of Topliss-reactive ketones (excluding diaryl/α,β-unsaturated/α-hetero) is 1. The summed E-state index contributed by atoms with van der Waals surface area (Å²) < 4.78 is 0. The van der Waals surface area contributed by atoms with E-state index >= 15 is 0 Å². The van der Waals surface area contributed by atoms with Gasteiger partial charge in [0.25, 0.3) is 0 Å². The molecule has 0 bridgehead atoms. The highest BCUT2D eigenvalue weighted by molar-refractivity contribution is 5.88. The van der Waals surface area contributed by atoms with Crippen molar-refractivity contribution in [1.82, 2.24) is 4.90 Å². The minimum Gasteiger partial charge on any atom is -0.298 e. The van der Waals surface area contributed by atoms with Crippen LogP contribution in [0.5, 0.6) is 0 Å². The highest BCUT2D eigenvalue weighted by atomic mass is 16.1. The molecule has 2 nitrogen and oxygen atoms in total. The van der Waals surface area contributed by atoms with Gasteiger partial charge in [-0.3, -0.25) is 9.69 Å². The summed E-state index contributed by atoms with van der Waals surface area (Å²) in [5.74, 6) is 0.341. The van der Waals surface area contributed by atoms with E-state index < -0.39 is 0 Å². The highest BCUT2D eigenvalue weighted by Crippen LogP contribution is 2.22. The van der Waals surface area contributed by atoms with Gasteiger partial charge in [-0.1, -0.05) is 26.8 Å². The van der Waals surface area contributed by atoms with Gasteiger partial charge >= 0.3 is 0 Å². The lowest BCUT2D eigenvalue weighted by Gasteiger charge is -2.38. The normalized spacial score (nSPS) is 15.0. The molecule has 0 saturated carbocycles. The predicted octanol–water partition coefficient (Wildman–Crippen LogP) is 3.03. The first-order valence-electron chi connectivity index (χ1n) is 5.96. The predicted molar refractivity (Wildman–Crippen MR) is 66.1 cm³/mol. The fraction of sp³-hybridized carbons (Fsp3) is 0.769. The summed E-state index contributed by atoms with van der Waals surface area (Å²) in [4.78, 5) is 14.4. The number of hydrogen-bond acceptors (Lipinski definition) is 2. The molecule has 0 amide bonds. The zero-order chi connectivity index (χ0) is 11.9. The molecular formula is C13H25NO. The van der Waals surface area contributed by atoms with Crippen molar-refractivity contribution in [1.29, 1.82) is 0 Å². The number of ketones is 1. The fourth-order valence-electron chi connectivity index (χ4n) is 2.02. The molecule has 0 aliphatic heterocycles. The maximum Gasteiger partial charge on any atom is 0.153 e. The van der Waals surface area contributed by atoms with E-state index in [0.717, 1.165) is 25.9 Å². The first-order chi connectivity index (χ1) is 7.06. The Bertz CT molecular complexity index is 209. The maximum atomic E-state index is 12.1. The molecule has 0 aliphatic rings. The minimum absolute atomic E-state index is 0.285. The van der Waals surface area contributed by atoms with E-state index in [4.69, 9.17) is 0 Å². The molecule has 1 atom stereocenters. The van der Waals surface area contributed by atoms with Crippen molar-refractivity contribution in [2.75, 3.05) is 13.1 Å². The molecule has 0 aliphatic carbocycles. The molecule has 1 unspecified atom stereocenters. The Morgan fingerprint density at radius 3 is 2.20 bits per heavy atom. The minimum atomic E-state index is -0.285. The van der Waals surface area contributed by atoms with Crippen molar-refractivity contribution in [3.8, 4) is 0 Å². The standard InChI is InChI=1S/C13H25NO/c1-6-10-11-12(15)13(5,7-2)14(8-3)9-4/h6H,1,7-11H2,2-5H3. The van der Waals surface area contributed by atoms with Crippen LogP contribution in [-0.4, -0.2) is 29.3 Å². The molecule has 0 fully saturated rings. The van der Waals surface area contributed by atoms with Crippen LogP contribution in [0, 0.1) is 0 Å². The lowest BCUT2D eigenvalue weighted by atomic mass is 9.88. The van der Waals surface area contributed by atoms with Crippen molar-refractivity contribution < 1.29 is 4.79 Å². The maximum absolute atomic E-state index is 12.1. The summed E-state index contributed by atoms with van der Waals surface area (Å²) in [6.45, 7) is 13.9. The highest BCUT2D eigenvalue weighted by Gasteiger charge is 2.34. The van der Waals surface area contributed by atoms with Crippen LogP contribution < -0.4 is 0 Å². The monoisotopic (exact) mass is 211 g/mol. The van der Waals surface area contributed by atoms with Crippen LogP contribution in [0.1, 0.15) is 47.0 Å². The number of carbonyl (C=O) groups excluding carboxylic acids is 1. The first kappa shape index (κ1) is 14.4. The molecule has 0 spiro atoms. The third kappa shape index (κ3) is 3.45. The van der Waals surface area contributed by atoms with Crippen molar-refractivity contribution in [3.63, 3.8) is 0 Å². The number of allylic oxidation sites excluding steroid dienone is 1. The van der Waals surface area contributed by atoms with Gasteiger partial charge in [0, 0.05) is 6.42 Å². The van der Waals surface area contributed by atoms with Gasteiger partial charge in [-0.15, -0.1) is 6.58 Å². The Morgan fingerprint density at radius 2 is 1.87 bits per heavy atom. The SMILES string of the molecule is C=CCCC(=O)C(C)(CC)N(CC)CC. The van der Waals surface area contributed by atoms with E-state index in [1.165, 1.54) is 0 Å². The summed E-state index contributed by atoms with van der Waals surface area (Å²) >= 11 is 0. The first-order valence-corrected chi connectivity index (χ1v) is 5.96. The molecule has 0 radical (unpaired) electrons. The van der Waals surface area contributed by atoms with E-state index in [0.29, 0.717) is 12.2 Å². The topological polar surface area (TPSA) is 20.3 Å². The van der Waals surface area contributed by atoms with Crippen molar-refractivity contribution >= 4 is 5.78 Å². The number of rotatable bonds is 8. The molecular weight excluding hydrogens is 186 g/mol. The zero-order valence-electron chi connectivity index (χ0n) is 10.7. The lowest BCUT2D eigenvalue weighted by molar-refractivity contribution is -0.130. The summed E-state index contributed by atoms with van der Waals surface area (Å²) in [7, 11) is 0. The molecule has 15 heavy (non-hydrogen) atoms. The average molecular weight is 211 g/mol. The molecule has 88 valence electrons. The van der Waals surface area contributed by atoms with Crippen molar-refractivity contribution in [3.05, 3.63) is 12.7 Å². The quantitative estimate of drug-likeness (QED) is 0.575. The van der Waals surface area contributed by atoms with Crippen LogP contribution in [0.4, 0.5) is 0 Å². The van der Waals surface area contributed by atoms with Gasteiger partial charge < -0.3 is 0 Å². The second kappa shape index (κ2) is 6.78. The average Bonchev–Trinajstić information content (AvgIpc) is 2.26. The zero-order valence-corrected chi connectivity index (χ0v) is 10.7. The molecule has 0 rings (SSSR count). The second-order valence-electron chi connectivity index (χ2n) is 4.05. The van der Waals surface area contributed by atoms with Crippen molar-refractivity contribution in [2.24, 2.45) is 0 Å². The number of hydrogen-bond donors (Lipinski definition) is 0. The Hall–Kier alpha value is -0.630. The van der Waals surface area contributed by atoms with E-state index in [2.05, 4.69) is 39.2 Å². The number of likely N-dealkylation sites (N-methyl/N-ethyl adjacent to an activating group) is 1. The lowest BCUT2D eigenvalue weighted by Crippen LogP contribution is -2.51. The molecule has 0 aromatic heterocycles. The molecule has 2 heteroatoms. The van der Waals surface area contributed by atoms with Crippen LogP contribution in [0.25, 0.3) is 0 Å². The van der Waals surface area contributed by atoms with Crippen LogP contribution in [0.15, 0.2) is 12.7 Å². The van der Waals surface area contributed by atoms with Crippen LogP contribution in [-0.2, 0) is 4.79 Å². The summed E-state index contributed by atoms with van der Waals surface area (Å²) in [5, 5.41) is 0. The van der Waals surface area contributed by atoms with Gasteiger partial charge in [0.05, 0.1) is 5.54 Å². The Labute approximate surface area is 94.4 Å².